The highest BCUT2D eigenvalue weighted by molar-refractivity contribution is 4.96. The summed E-state index contributed by atoms with van der Waals surface area (Å²) in [6.45, 7) is 4.63. The summed E-state index contributed by atoms with van der Waals surface area (Å²) in [6.07, 6.45) is 7.15. The Bertz CT molecular complexity index is 203. The summed E-state index contributed by atoms with van der Waals surface area (Å²) in [5, 5.41) is 8.84. The Kier molecular flexibility index (Phi) is 3.68. The van der Waals surface area contributed by atoms with E-state index in [9.17, 15) is 0 Å². The van der Waals surface area contributed by atoms with Crippen LogP contribution < -0.4 is 0 Å². The van der Waals surface area contributed by atoms with Gasteiger partial charge in [0.25, 0.3) is 0 Å². The SMILES string of the molecule is CC(C)OC1CC2CC1CC2CCCO. The van der Waals surface area contributed by atoms with Crippen LogP contribution in [0.4, 0.5) is 0 Å². The Morgan fingerprint density at radius 3 is 2.53 bits per heavy atom. The summed E-state index contributed by atoms with van der Waals surface area (Å²) in [5.74, 6) is 2.60. The van der Waals surface area contributed by atoms with Crippen molar-refractivity contribution in [1.29, 1.82) is 0 Å². The lowest BCUT2D eigenvalue weighted by atomic mass is 9.84. The molecular formula is C13H24O2. The van der Waals surface area contributed by atoms with Crippen LogP contribution in [0.3, 0.4) is 0 Å². The maximum atomic E-state index is 8.84. The van der Waals surface area contributed by atoms with Crippen molar-refractivity contribution in [3.8, 4) is 0 Å². The molecule has 2 nitrogen and oxygen atoms in total. The minimum absolute atomic E-state index is 0.361. The first-order valence-corrected chi connectivity index (χ1v) is 6.47. The number of ether oxygens (including phenoxy) is 1. The largest absolute Gasteiger partial charge is 0.396 e. The smallest absolute Gasteiger partial charge is 0.0609 e. The minimum atomic E-state index is 0.361. The molecule has 0 aromatic heterocycles. The molecule has 2 rings (SSSR count). The maximum Gasteiger partial charge on any atom is 0.0609 e. The van der Waals surface area contributed by atoms with Crippen LogP contribution in [0.15, 0.2) is 0 Å². The van der Waals surface area contributed by atoms with Gasteiger partial charge < -0.3 is 9.84 Å². The van der Waals surface area contributed by atoms with Gasteiger partial charge in [0.1, 0.15) is 0 Å². The van der Waals surface area contributed by atoms with E-state index in [1.807, 2.05) is 0 Å². The zero-order valence-corrected chi connectivity index (χ0v) is 9.98. The van der Waals surface area contributed by atoms with Crippen LogP contribution in [0.25, 0.3) is 0 Å². The van der Waals surface area contributed by atoms with Crippen molar-refractivity contribution >= 4 is 0 Å². The van der Waals surface area contributed by atoms with E-state index < -0.39 is 0 Å². The predicted octanol–water partition coefficient (Wildman–Crippen LogP) is 2.60. The summed E-state index contributed by atoms with van der Waals surface area (Å²) in [4.78, 5) is 0. The first-order chi connectivity index (χ1) is 7.20. The van der Waals surface area contributed by atoms with Gasteiger partial charge >= 0.3 is 0 Å². The fraction of sp³-hybridized carbons (Fsp3) is 1.00. The third-order valence-corrected chi connectivity index (χ3v) is 4.12. The maximum absolute atomic E-state index is 8.84. The van der Waals surface area contributed by atoms with Gasteiger partial charge in [0.15, 0.2) is 0 Å². The van der Waals surface area contributed by atoms with E-state index in [4.69, 9.17) is 9.84 Å². The highest BCUT2D eigenvalue weighted by Crippen LogP contribution is 2.51. The standard InChI is InChI=1S/C13H24O2/c1-9(2)15-13-8-11-7-12(13)6-10(11)4-3-5-14/h9-14H,3-8H2,1-2H3. The average Bonchev–Trinajstić information content (AvgIpc) is 2.72. The van der Waals surface area contributed by atoms with Crippen molar-refractivity contribution in [2.24, 2.45) is 17.8 Å². The molecule has 4 unspecified atom stereocenters. The summed E-state index contributed by atoms with van der Waals surface area (Å²) < 4.78 is 5.95. The van der Waals surface area contributed by atoms with Crippen LogP contribution in [-0.2, 0) is 4.74 Å². The molecule has 0 radical (unpaired) electrons. The van der Waals surface area contributed by atoms with E-state index in [1.165, 1.54) is 25.7 Å². The van der Waals surface area contributed by atoms with Crippen LogP contribution in [-0.4, -0.2) is 23.9 Å². The summed E-state index contributed by atoms with van der Waals surface area (Å²) in [6, 6.07) is 0. The van der Waals surface area contributed by atoms with Gasteiger partial charge in [-0.3, -0.25) is 0 Å². The molecule has 1 N–H and O–H groups in total. The van der Waals surface area contributed by atoms with Crippen LogP contribution >= 0.6 is 0 Å². The fourth-order valence-corrected chi connectivity index (χ4v) is 3.57. The molecule has 0 saturated heterocycles. The van der Waals surface area contributed by atoms with E-state index in [1.54, 1.807) is 0 Å². The molecule has 2 saturated carbocycles. The van der Waals surface area contributed by atoms with Crippen LogP contribution in [0.2, 0.25) is 0 Å². The average molecular weight is 212 g/mol. The lowest BCUT2D eigenvalue weighted by Gasteiger charge is -2.29. The number of hydrogen-bond donors (Lipinski definition) is 1. The van der Waals surface area contributed by atoms with Crippen molar-refractivity contribution in [1.82, 2.24) is 0 Å². The molecule has 15 heavy (non-hydrogen) atoms. The van der Waals surface area contributed by atoms with Gasteiger partial charge in [0.05, 0.1) is 12.2 Å². The topological polar surface area (TPSA) is 29.5 Å². The third kappa shape index (κ3) is 2.54. The Balaban J connectivity index is 1.78. The van der Waals surface area contributed by atoms with Crippen LogP contribution in [0.5, 0.6) is 0 Å². The number of aliphatic hydroxyl groups is 1. The van der Waals surface area contributed by atoms with Crippen molar-refractivity contribution < 1.29 is 9.84 Å². The molecule has 0 spiro atoms. The molecule has 0 heterocycles. The lowest BCUT2D eigenvalue weighted by molar-refractivity contribution is -0.0297. The molecular weight excluding hydrogens is 188 g/mol. The van der Waals surface area contributed by atoms with E-state index >= 15 is 0 Å². The number of rotatable bonds is 5. The van der Waals surface area contributed by atoms with Crippen LogP contribution in [0, 0.1) is 17.8 Å². The predicted molar refractivity (Wildman–Crippen MR) is 60.6 cm³/mol. The molecule has 2 heteroatoms. The molecule has 2 aliphatic rings. The second-order valence-corrected chi connectivity index (χ2v) is 5.58. The van der Waals surface area contributed by atoms with Gasteiger partial charge in [-0.1, -0.05) is 0 Å². The van der Waals surface area contributed by atoms with Gasteiger partial charge in [-0.15, -0.1) is 0 Å². The quantitative estimate of drug-likeness (QED) is 0.759. The van der Waals surface area contributed by atoms with Crippen LogP contribution in [0.1, 0.15) is 46.0 Å². The highest BCUT2D eigenvalue weighted by Gasteiger charge is 2.45. The second-order valence-electron chi connectivity index (χ2n) is 5.58. The normalized spacial score (nSPS) is 39.2. The van der Waals surface area contributed by atoms with E-state index in [-0.39, 0.29) is 0 Å². The molecule has 0 aliphatic heterocycles. The zero-order chi connectivity index (χ0) is 10.8. The monoisotopic (exact) mass is 212 g/mol. The molecule has 88 valence electrons. The minimum Gasteiger partial charge on any atom is -0.396 e. The summed E-state index contributed by atoms with van der Waals surface area (Å²) in [5.41, 5.74) is 0. The van der Waals surface area contributed by atoms with Crippen molar-refractivity contribution in [3.63, 3.8) is 0 Å². The van der Waals surface area contributed by atoms with Gasteiger partial charge in [-0.05, 0) is 63.7 Å². The molecule has 2 bridgehead atoms. The Hall–Kier alpha value is -0.0800. The molecule has 0 aromatic carbocycles. The van der Waals surface area contributed by atoms with Crippen molar-refractivity contribution in [3.05, 3.63) is 0 Å². The summed E-state index contributed by atoms with van der Waals surface area (Å²) in [7, 11) is 0. The Morgan fingerprint density at radius 2 is 2.00 bits per heavy atom. The fourth-order valence-electron chi connectivity index (χ4n) is 3.57. The molecule has 0 aromatic rings. The Morgan fingerprint density at radius 1 is 1.20 bits per heavy atom. The lowest BCUT2D eigenvalue weighted by Crippen LogP contribution is -2.27. The second kappa shape index (κ2) is 4.84. The van der Waals surface area contributed by atoms with E-state index in [2.05, 4.69) is 13.8 Å². The molecule has 0 amide bonds. The van der Waals surface area contributed by atoms with E-state index in [0.717, 1.165) is 24.2 Å². The first-order valence-electron chi connectivity index (χ1n) is 6.47. The van der Waals surface area contributed by atoms with Gasteiger partial charge in [0, 0.05) is 6.61 Å². The number of fused-ring (bicyclic) bond motifs is 2. The van der Waals surface area contributed by atoms with Gasteiger partial charge in [-0.25, -0.2) is 0 Å². The van der Waals surface area contributed by atoms with Gasteiger partial charge in [-0.2, -0.15) is 0 Å². The van der Waals surface area contributed by atoms with Gasteiger partial charge in [0.2, 0.25) is 0 Å². The highest BCUT2D eigenvalue weighted by atomic mass is 16.5. The van der Waals surface area contributed by atoms with Crippen molar-refractivity contribution in [2.45, 2.75) is 58.2 Å². The summed E-state index contributed by atoms with van der Waals surface area (Å²) >= 11 is 0. The third-order valence-electron chi connectivity index (χ3n) is 4.12. The number of hydrogen-bond acceptors (Lipinski definition) is 2. The van der Waals surface area contributed by atoms with Crippen molar-refractivity contribution in [2.75, 3.05) is 6.61 Å². The Labute approximate surface area is 93.0 Å². The molecule has 2 fully saturated rings. The number of aliphatic hydroxyl groups excluding tert-OH is 1. The zero-order valence-electron chi connectivity index (χ0n) is 9.98. The molecule has 4 atom stereocenters. The molecule has 2 aliphatic carbocycles. The van der Waals surface area contributed by atoms with E-state index in [0.29, 0.717) is 18.8 Å². The first kappa shape index (κ1) is 11.4.